The predicted octanol–water partition coefficient (Wildman–Crippen LogP) is 4.79. The number of aromatic amines is 1. The van der Waals surface area contributed by atoms with E-state index in [2.05, 4.69) is 63.4 Å². The van der Waals surface area contributed by atoms with Gasteiger partial charge in [-0.3, -0.25) is 4.98 Å². The van der Waals surface area contributed by atoms with E-state index in [9.17, 15) is 0 Å². The van der Waals surface area contributed by atoms with E-state index in [1.165, 1.54) is 11.4 Å². The Morgan fingerprint density at radius 2 is 1.72 bits per heavy atom. The highest BCUT2D eigenvalue weighted by Crippen LogP contribution is 2.42. The molecular formula is C21H16N4. The van der Waals surface area contributed by atoms with Gasteiger partial charge in [-0.15, -0.1) is 0 Å². The van der Waals surface area contributed by atoms with Gasteiger partial charge in [0, 0.05) is 29.2 Å². The van der Waals surface area contributed by atoms with Crippen molar-refractivity contribution in [1.82, 2.24) is 15.0 Å². The number of imidazole rings is 1. The van der Waals surface area contributed by atoms with E-state index in [4.69, 9.17) is 4.98 Å². The van der Waals surface area contributed by atoms with Gasteiger partial charge in [-0.05, 0) is 30.3 Å². The smallest absolute Gasteiger partial charge is 0.139 e. The van der Waals surface area contributed by atoms with Crippen molar-refractivity contribution in [1.29, 1.82) is 0 Å². The lowest BCUT2D eigenvalue weighted by molar-refractivity contribution is 0.927. The van der Waals surface area contributed by atoms with Crippen LogP contribution in [0, 0.1) is 0 Å². The summed E-state index contributed by atoms with van der Waals surface area (Å²) in [5, 5.41) is 0. The summed E-state index contributed by atoms with van der Waals surface area (Å²) in [7, 11) is 0. The van der Waals surface area contributed by atoms with E-state index < -0.39 is 0 Å². The second-order valence-corrected chi connectivity index (χ2v) is 6.09. The van der Waals surface area contributed by atoms with Gasteiger partial charge in [-0.25, -0.2) is 4.98 Å². The minimum Gasteiger partial charge on any atom is -0.340 e. The molecule has 0 amide bonds. The topological polar surface area (TPSA) is 44.8 Å². The fraction of sp³-hybridized carbons (Fsp3) is 0.0476. The zero-order valence-electron chi connectivity index (χ0n) is 13.6. The summed E-state index contributed by atoms with van der Waals surface area (Å²) in [4.78, 5) is 14.9. The molecule has 1 N–H and O–H groups in total. The lowest BCUT2D eigenvalue weighted by atomic mass is 10.0. The summed E-state index contributed by atoms with van der Waals surface area (Å²) in [5.74, 6) is 0.864. The molecule has 120 valence electrons. The van der Waals surface area contributed by atoms with Crippen LogP contribution >= 0.6 is 0 Å². The molecule has 0 aliphatic carbocycles. The van der Waals surface area contributed by atoms with Crippen LogP contribution in [0.3, 0.4) is 0 Å². The Morgan fingerprint density at radius 3 is 2.56 bits per heavy atom. The van der Waals surface area contributed by atoms with Crippen molar-refractivity contribution in [2.24, 2.45) is 0 Å². The van der Waals surface area contributed by atoms with Crippen LogP contribution in [0.2, 0.25) is 0 Å². The van der Waals surface area contributed by atoms with Crippen molar-refractivity contribution in [2.45, 2.75) is 6.54 Å². The number of nitrogens with one attached hydrogen (secondary N) is 1. The number of H-pyrrole nitrogens is 1. The third kappa shape index (κ3) is 2.31. The zero-order chi connectivity index (χ0) is 16.6. The van der Waals surface area contributed by atoms with Crippen LogP contribution in [0.1, 0.15) is 5.69 Å². The van der Waals surface area contributed by atoms with Crippen LogP contribution < -0.4 is 4.90 Å². The molecule has 0 radical (unpaired) electrons. The Bertz CT molecular complexity index is 1020. The normalized spacial score (nSPS) is 12.6. The quantitative estimate of drug-likeness (QED) is 0.576. The molecule has 3 heterocycles. The number of aromatic nitrogens is 3. The van der Waals surface area contributed by atoms with E-state index in [0.717, 1.165) is 34.9 Å². The molecule has 0 fully saturated rings. The Balaban J connectivity index is 1.67. The first-order valence-corrected chi connectivity index (χ1v) is 8.31. The van der Waals surface area contributed by atoms with Gasteiger partial charge in [0.2, 0.25) is 0 Å². The lowest BCUT2D eigenvalue weighted by Gasteiger charge is -2.30. The maximum Gasteiger partial charge on any atom is 0.139 e. The number of para-hydroxylation sites is 2. The van der Waals surface area contributed by atoms with Gasteiger partial charge in [0.25, 0.3) is 0 Å². The highest BCUT2D eigenvalue weighted by molar-refractivity contribution is 5.85. The minimum atomic E-state index is 0.767. The fourth-order valence-corrected chi connectivity index (χ4v) is 3.38. The van der Waals surface area contributed by atoms with E-state index in [-0.39, 0.29) is 0 Å². The lowest BCUT2D eigenvalue weighted by Crippen LogP contribution is -2.21. The minimum absolute atomic E-state index is 0.767. The molecule has 4 nitrogen and oxygen atoms in total. The molecule has 4 heteroatoms. The summed E-state index contributed by atoms with van der Waals surface area (Å²) in [6.45, 7) is 0.767. The average molecular weight is 324 g/mol. The highest BCUT2D eigenvalue weighted by Gasteiger charge is 2.26. The maximum absolute atomic E-state index is 4.87. The number of hydrogen-bond acceptors (Lipinski definition) is 3. The number of benzene rings is 2. The van der Waals surface area contributed by atoms with Crippen molar-refractivity contribution >= 4 is 11.4 Å². The van der Waals surface area contributed by atoms with Crippen LogP contribution in [0.5, 0.6) is 0 Å². The molecule has 1 aliphatic rings. The predicted molar refractivity (Wildman–Crippen MR) is 99.5 cm³/mol. The number of hydrogen-bond donors (Lipinski definition) is 1. The highest BCUT2D eigenvalue weighted by atomic mass is 15.2. The third-order valence-electron chi connectivity index (χ3n) is 4.55. The number of anilines is 2. The number of pyridine rings is 1. The van der Waals surface area contributed by atoms with Gasteiger partial charge in [-0.1, -0.05) is 36.4 Å². The first-order chi connectivity index (χ1) is 12.4. The van der Waals surface area contributed by atoms with Gasteiger partial charge >= 0.3 is 0 Å². The van der Waals surface area contributed by atoms with E-state index >= 15 is 0 Å². The molecule has 0 bridgehead atoms. The van der Waals surface area contributed by atoms with Gasteiger partial charge in [0.1, 0.15) is 5.82 Å². The molecule has 25 heavy (non-hydrogen) atoms. The molecular weight excluding hydrogens is 308 g/mol. The summed E-state index contributed by atoms with van der Waals surface area (Å²) in [5.41, 5.74) is 6.67. The van der Waals surface area contributed by atoms with E-state index in [1.807, 2.05) is 24.4 Å². The molecule has 0 spiro atoms. The average Bonchev–Trinajstić information content (AvgIpc) is 3.13. The van der Waals surface area contributed by atoms with Gasteiger partial charge in [0.05, 0.1) is 23.6 Å². The summed E-state index contributed by atoms with van der Waals surface area (Å²) in [6.07, 6.45) is 3.62. The Kier molecular flexibility index (Phi) is 3.13. The van der Waals surface area contributed by atoms with Crippen LogP contribution in [-0.2, 0) is 6.54 Å². The number of nitrogens with zero attached hydrogens (tertiary/aromatic N) is 3. The summed E-state index contributed by atoms with van der Waals surface area (Å²) >= 11 is 0. The van der Waals surface area contributed by atoms with Gasteiger partial charge < -0.3 is 9.88 Å². The molecule has 1 aliphatic heterocycles. The van der Waals surface area contributed by atoms with Crippen molar-refractivity contribution < 1.29 is 0 Å². The third-order valence-corrected chi connectivity index (χ3v) is 4.55. The van der Waals surface area contributed by atoms with Gasteiger partial charge in [-0.2, -0.15) is 0 Å². The molecule has 0 unspecified atom stereocenters. The summed E-state index contributed by atoms with van der Waals surface area (Å²) in [6, 6.07) is 22.9. The number of fused-ring (bicyclic) bond motifs is 3. The second kappa shape index (κ2) is 5.60. The van der Waals surface area contributed by atoms with Crippen LogP contribution in [0.4, 0.5) is 11.4 Å². The number of rotatable bonds is 2. The maximum atomic E-state index is 4.87. The Labute approximate surface area is 145 Å². The molecule has 2 aromatic heterocycles. The van der Waals surface area contributed by atoms with E-state index in [0.29, 0.717) is 0 Å². The zero-order valence-corrected chi connectivity index (χ0v) is 13.6. The molecule has 4 aromatic rings. The first-order valence-electron chi connectivity index (χ1n) is 8.31. The van der Waals surface area contributed by atoms with Crippen molar-refractivity contribution in [3.63, 3.8) is 0 Å². The van der Waals surface area contributed by atoms with Crippen LogP contribution in [0.15, 0.2) is 79.1 Å². The molecule has 2 aromatic carbocycles. The van der Waals surface area contributed by atoms with Gasteiger partial charge in [0.15, 0.2) is 0 Å². The Hall–Kier alpha value is -3.40. The first kappa shape index (κ1) is 14.0. The van der Waals surface area contributed by atoms with Crippen LogP contribution in [-0.4, -0.2) is 15.0 Å². The standard InChI is InChI=1S/C21H16N4/c1-2-8-16(9-3-1)25-14-18-20(17-10-4-5-11-19(17)25)24-21(23-18)15-7-6-12-22-13-15/h1-13H,14H2,(H,23,24). The SMILES string of the molecule is c1ccc(N2Cc3[nH]c(-c4cccnc4)nc3-c3ccccc32)cc1. The monoisotopic (exact) mass is 324 g/mol. The van der Waals surface area contributed by atoms with E-state index in [1.54, 1.807) is 6.20 Å². The molecule has 0 saturated carbocycles. The Morgan fingerprint density at radius 1 is 0.880 bits per heavy atom. The molecule has 5 rings (SSSR count). The van der Waals surface area contributed by atoms with Crippen molar-refractivity contribution in [2.75, 3.05) is 4.90 Å². The van der Waals surface area contributed by atoms with Crippen molar-refractivity contribution in [3.05, 3.63) is 84.8 Å². The second-order valence-electron chi connectivity index (χ2n) is 6.09. The van der Waals surface area contributed by atoms with Crippen LogP contribution in [0.25, 0.3) is 22.6 Å². The summed E-state index contributed by atoms with van der Waals surface area (Å²) < 4.78 is 0. The van der Waals surface area contributed by atoms with Crippen molar-refractivity contribution in [3.8, 4) is 22.6 Å². The molecule has 0 atom stereocenters. The molecule has 0 saturated heterocycles. The fourth-order valence-electron chi connectivity index (χ4n) is 3.38. The largest absolute Gasteiger partial charge is 0.340 e.